The van der Waals surface area contributed by atoms with Crippen molar-refractivity contribution in [3.8, 4) is 0 Å². The lowest BCUT2D eigenvalue weighted by Gasteiger charge is -2.40. The molecular weight excluding hydrogens is 562 g/mol. The molecule has 3 heterocycles. The van der Waals surface area contributed by atoms with E-state index >= 15 is 0 Å². The summed E-state index contributed by atoms with van der Waals surface area (Å²) in [5, 5.41) is 21.6. The van der Waals surface area contributed by atoms with Gasteiger partial charge in [0.05, 0.1) is 17.6 Å². The molecule has 1 aromatic carbocycles. The molecule has 4 N–H and O–H groups in total. The van der Waals surface area contributed by atoms with Crippen LogP contribution in [0.15, 0.2) is 30.5 Å². The highest BCUT2D eigenvalue weighted by molar-refractivity contribution is 5.93. The fourth-order valence-corrected chi connectivity index (χ4v) is 6.35. The minimum absolute atomic E-state index is 0.176. The molecule has 11 heteroatoms. The Balaban J connectivity index is 1.64. The highest BCUT2D eigenvalue weighted by atomic mass is 16.6. The van der Waals surface area contributed by atoms with E-state index in [2.05, 4.69) is 16.0 Å². The summed E-state index contributed by atoms with van der Waals surface area (Å²) in [6.45, 7) is 6.09. The number of carbonyl (C=O) groups excluding carboxylic acids is 4. The maximum atomic E-state index is 13.9. The highest BCUT2D eigenvalue weighted by Gasteiger charge is 2.40. The first-order valence-electron chi connectivity index (χ1n) is 16.1. The summed E-state index contributed by atoms with van der Waals surface area (Å²) in [6, 6.07) is 4.63. The van der Waals surface area contributed by atoms with Crippen LogP contribution in [0.25, 0.3) is 10.9 Å². The van der Waals surface area contributed by atoms with Crippen LogP contribution in [0.4, 0.5) is 0 Å². The first-order valence-corrected chi connectivity index (χ1v) is 16.1. The van der Waals surface area contributed by atoms with Crippen LogP contribution in [0.5, 0.6) is 0 Å². The molecule has 0 radical (unpaired) electrons. The zero-order valence-corrected chi connectivity index (χ0v) is 26.5. The van der Waals surface area contributed by atoms with Crippen LogP contribution >= 0.6 is 0 Å². The van der Waals surface area contributed by atoms with E-state index in [0.717, 1.165) is 42.1 Å². The zero-order chi connectivity index (χ0) is 31.8. The fraction of sp³-hybridized carbons (Fsp3) is 0.636. The van der Waals surface area contributed by atoms with Crippen LogP contribution in [0.1, 0.15) is 84.1 Å². The van der Waals surface area contributed by atoms with Crippen molar-refractivity contribution in [3.63, 3.8) is 0 Å². The number of carbonyl (C=O) groups is 4. The van der Waals surface area contributed by atoms with Gasteiger partial charge >= 0.3 is 0 Å². The third-order valence-electron chi connectivity index (χ3n) is 8.95. The van der Waals surface area contributed by atoms with Crippen molar-refractivity contribution in [2.75, 3.05) is 13.7 Å². The number of piperidine rings is 1. The molecule has 2 fully saturated rings. The van der Waals surface area contributed by atoms with Gasteiger partial charge in [-0.1, -0.05) is 51.8 Å². The molecule has 2 aliphatic rings. The highest BCUT2D eigenvalue weighted by Crippen LogP contribution is 2.24. The van der Waals surface area contributed by atoms with Crippen molar-refractivity contribution >= 4 is 34.4 Å². The summed E-state index contributed by atoms with van der Waals surface area (Å²) < 4.78 is 1.64. The van der Waals surface area contributed by atoms with Crippen LogP contribution in [0.3, 0.4) is 0 Å². The molecule has 2 saturated heterocycles. The standard InChI is InChI=1S/C33H49N5O6/c1-5-23(39)13-7-6-8-15-25-30(40)35-26(19-22-20-38(44-4)27-16-10-9-14-24(22)27)31(41)36-29(21(2)3)33(43)37-18-12-11-17-28(37)32(42)34-25/h9-10,14,16,20-21,25-26,28-29,31,36,41H,5-8,11-13,15,17-19H2,1-4H3,(H,34,42)(H,35,40)/t25-,26-,28+,29-,31?/m0/s1. The Kier molecular flexibility index (Phi) is 11.8. The van der Waals surface area contributed by atoms with E-state index in [1.54, 1.807) is 16.7 Å². The van der Waals surface area contributed by atoms with Crippen LogP contribution in [-0.4, -0.2) is 82.3 Å². The first-order chi connectivity index (χ1) is 21.1. The lowest BCUT2D eigenvalue weighted by molar-refractivity contribution is -0.147. The number of aliphatic hydroxyl groups is 1. The number of unbranched alkanes of at least 4 members (excludes halogenated alkanes) is 2. The monoisotopic (exact) mass is 611 g/mol. The topological polar surface area (TPSA) is 142 Å². The molecule has 4 rings (SSSR count). The van der Waals surface area contributed by atoms with Crippen molar-refractivity contribution in [1.29, 1.82) is 0 Å². The lowest BCUT2D eigenvalue weighted by atomic mass is 9.95. The third kappa shape index (κ3) is 7.98. The number of Topliss-reactive ketones (excluding diaryl/α,β-unsaturated/α-hetero) is 1. The number of ketones is 1. The molecule has 11 nitrogen and oxygen atoms in total. The lowest BCUT2D eigenvalue weighted by Crippen LogP contribution is -2.65. The first kappa shape index (κ1) is 33.5. The zero-order valence-electron chi connectivity index (χ0n) is 26.5. The molecule has 44 heavy (non-hydrogen) atoms. The van der Waals surface area contributed by atoms with E-state index in [1.807, 2.05) is 51.2 Å². The molecule has 5 atom stereocenters. The van der Waals surface area contributed by atoms with Gasteiger partial charge in [-0.25, -0.2) is 0 Å². The Bertz CT molecular complexity index is 1310. The van der Waals surface area contributed by atoms with Gasteiger partial charge in [0.15, 0.2) is 0 Å². The maximum Gasteiger partial charge on any atom is 0.243 e. The Morgan fingerprint density at radius 3 is 2.57 bits per heavy atom. The average molecular weight is 612 g/mol. The Morgan fingerprint density at radius 2 is 1.84 bits per heavy atom. The molecule has 2 aromatic rings. The molecule has 3 amide bonds. The second-order valence-electron chi connectivity index (χ2n) is 12.4. The Morgan fingerprint density at radius 1 is 1.07 bits per heavy atom. The minimum Gasteiger partial charge on any atom is -0.417 e. The van der Waals surface area contributed by atoms with Gasteiger partial charge in [0, 0.05) is 31.0 Å². The molecule has 0 saturated carbocycles. The molecule has 2 aliphatic heterocycles. The van der Waals surface area contributed by atoms with E-state index in [9.17, 15) is 24.3 Å². The number of hydrogen-bond donors (Lipinski definition) is 4. The Hall–Kier alpha value is -3.44. The van der Waals surface area contributed by atoms with Gasteiger partial charge in [-0.05, 0) is 56.1 Å². The molecule has 0 bridgehead atoms. The predicted molar refractivity (Wildman–Crippen MR) is 168 cm³/mol. The number of benzene rings is 1. The van der Waals surface area contributed by atoms with Crippen LogP contribution in [-0.2, 0) is 25.6 Å². The molecular formula is C33H49N5O6. The number of nitrogens with one attached hydrogen (secondary N) is 3. The van der Waals surface area contributed by atoms with Gasteiger partial charge < -0.3 is 25.5 Å². The minimum atomic E-state index is -1.25. The van der Waals surface area contributed by atoms with Crippen LogP contribution < -0.4 is 20.8 Å². The van der Waals surface area contributed by atoms with Gasteiger partial charge in [-0.2, -0.15) is 4.73 Å². The number of amides is 3. The molecule has 0 aliphatic carbocycles. The summed E-state index contributed by atoms with van der Waals surface area (Å²) in [6.07, 6.45) is 6.47. The molecule has 0 spiro atoms. The van der Waals surface area contributed by atoms with Gasteiger partial charge in [0.2, 0.25) is 17.7 Å². The van der Waals surface area contributed by atoms with E-state index in [0.29, 0.717) is 38.6 Å². The SMILES string of the molecule is CCC(=O)CCCCC[C@@H]1NC(=O)[C@H]2CCCCN2C(=O)[C@H](C(C)C)NC(O)[C@H](Cc2cn(OC)c3ccccc23)NC1=O. The maximum absolute atomic E-state index is 13.9. The normalized spacial score (nSPS) is 25.2. The quantitative estimate of drug-likeness (QED) is 0.286. The van der Waals surface area contributed by atoms with Gasteiger partial charge in [0.1, 0.15) is 31.2 Å². The Labute approximate surface area is 260 Å². The van der Waals surface area contributed by atoms with Crippen molar-refractivity contribution in [2.45, 2.75) is 115 Å². The predicted octanol–water partition coefficient (Wildman–Crippen LogP) is 2.47. The van der Waals surface area contributed by atoms with Gasteiger partial charge in [-0.15, -0.1) is 0 Å². The number of aromatic nitrogens is 1. The van der Waals surface area contributed by atoms with Gasteiger partial charge in [0.25, 0.3) is 0 Å². The smallest absolute Gasteiger partial charge is 0.243 e. The fourth-order valence-electron chi connectivity index (χ4n) is 6.35. The summed E-state index contributed by atoms with van der Waals surface area (Å²) in [5.41, 5.74) is 1.70. The molecule has 242 valence electrons. The second-order valence-corrected chi connectivity index (χ2v) is 12.4. The van der Waals surface area contributed by atoms with E-state index in [1.165, 1.54) is 0 Å². The summed E-state index contributed by atoms with van der Waals surface area (Å²) >= 11 is 0. The van der Waals surface area contributed by atoms with E-state index in [4.69, 9.17) is 4.84 Å². The van der Waals surface area contributed by atoms with Gasteiger partial charge in [-0.3, -0.25) is 24.5 Å². The summed E-state index contributed by atoms with van der Waals surface area (Å²) in [5.74, 6) is -0.909. The van der Waals surface area contributed by atoms with Crippen LogP contribution in [0.2, 0.25) is 0 Å². The second kappa shape index (κ2) is 15.5. The van der Waals surface area contributed by atoms with E-state index in [-0.39, 0.29) is 35.8 Å². The van der Waals surface area contributed by atoms with Crippen molar-refractivity contribution < 1.29 is 29.1 Å². The van der Waals surface area contributed by atoms with Crippen LogP contribution in [0, 0.1) is 5.92 Å². The number of rotatable bonds is 11. The summed E-state index contributed by atoms with van der Waals surface area (Å²) in [7, 11) is 1.57. The number of hydrogen-bond acceptors (Lipinski definition) is 7. The number of aliphatic hydroxyl groups excluding tert-OH is 1. The van der Waals surface area contributed by atoms with E-state index < -0.39 is 30.4 Å². The van der Waals surface area contributed by atoms with Crippen molar-refractivity contribution in [3.05, 3.63) is 36.0 Å². The average Bonchev–Trinajstić information content (AvgIpc) is 3.38. The molecule has 1 aromatic heterocycles. The summed E-state index contributed by atoms with van der Waals surface area (Å²) in [4.78, 5) is 60.3. The van der Waals surface area contributed by atoms with Crippen molar-refractivity contribution in [1.82, 2.24) is 25.6 Å². The largest absolute Gasteiger partial charge is 0.417 e. The number of nitrogens with zero attached hydrogens (tertiary/aromatic N) is 2. The number of fused-ring (bicyclic) bond motifs is 2. The van der Waals surface area contributed by atoms with Crippen molar-refractivity contribution in [2.24, 2.45) is 5.92 Å². The third-order valence-corrected chi connectivity index (χ3v) is 8.95. The molecule has 1 unspecified atom stereocenters. The number of para-hydroxylation sites is 1.